The van der Waals surface area contributed by atoms with Gasteiger partial charge in [-0.25, -0.2) is 4.39 Å². The number of nitrogens with one attached hydrogen (secondary N) is 1. The van der Waals surface area contributed by atoms with E-state index in [4.69, 9.17) is 10.5 Å². The van der Waals surface area contributed by atoms with Crippen molar-refractivity contribution < 1.29 is 13.9 Å². The van der Waals surface area contributed by atoms with Crippen molar-refractivity contribution in [3.63, 3.8) is 0 Å². The molecular formula is C14H18BrFN2O2. The van der Waals surface area contributed by atoms with Crippen LogP contribution in [0.3, 0.4) is 0 Å². The third-order valence-electron chi connectivity index (χ3n) is 3.37. The Bertz CT molecular complexity index is 490. The highest BCUT2D eigenvalue weighted by atomic mass is 79.9. The maximum absolute atomic E-state index is 13.2. The number of halogens is 2. The van der Waals surface area contributed by atoms with Gasteiger partial charge in [-0.05, 0) is 40.9 Å². The van der Waals surface area contributed by atoms with Crippen molar-refractivity contribution >= 4 is 27.5 Å². The molecule has 0 aliphatic heterocycles. The summed E-state index contributed by atoms with van der Waals surface area (Å²) < 4.78 is 19.2. The summed E-state index contributed by atoms with van der Waals surface area (Å²) in [6, 6.07) is 2.52. The molecule has 1 aromatic carbocycles. The number of benzene rings is 1. The van der Waals surface area contributed by atoms with Crippen LogP contribution < -0.4 is 11.1 Å². The second kappa shape index (κ2) is 7.04. The summed E-state index contributed by atoms with van der Waals surface area (Å²) in [5.41, 5.74) is 5.75. The van der Waals surface area contributed by atoms with Gasteiger partial charge >= 0.3 is 0 Å². The lowest BCUT2D eigenvalue weighted by Gasteiger charge is -2.12. The van der Waals surface area contributed by atoms with Gasteiger partial charge in [0.15, 0.2) is 0 Å². The van der Waals surface area contributed by atoms with E-state index in [0.29, 0.717) is 29.3 Å². The molecule has 0 spiro atoms. The van der Waals surface area contributed by atoms with Crippen molar-refractivity contribution in [1.29, 1.82) is 0 Å². The van der Waals surface area contributed by atoms with Gasteiger partial charge in [-0.1, -0.05) is 12.8 Å². The van der Waals surface area contributed by atoms with Crippen molar-refractivity contribution in [1.82, 2.24) is 5.32 Å². The molecule has 0 atom stereocenters. The molecule has 1 aliphatic rings. The molecule has 110 valence electrons. The van der Waals surface area contributed by atoms with Crippen LogP contribution in [0.2, 0.25) is 0 Å². The number of amides is 1. The van der Waals surface area contributed by atoms with E-state index in [1.54, 1.807) is 0 Å². The lowest BCUT2D eigenvalue weighted by Crippen LogP contribution is -2.28. The van der Waals surface area contributed by atoms with Crippen LogP contribution in [-0.2, 0) is 4.74 Å². The highest BCUT2D eigenvalue weighted by Crippen LogP contribution is 2.23. The summed E-state index contributed by atoms with van der Waals surface area (Å²) in [7, 11) is 0. The molecule has 0 saturated heterocycles. The Morgan fingerprint density at radius 3 is 2.85 bits per heavy atom. The van der Waals surface area contributed by atoms with E-state index in [-0.39, 0.29) is 11.6 Å². The van der Waals surface area contributed by atoms with Gasteiger partial charge in [-0.3, -0.25) is 4.79 Å². The molecule has 1 fully saturated rings. The fourth-order valence-corrected chi connectivity index (χ4v) is 2.78. The van der Waals surface area contributed by atoms with Crippen LogP contribution in [0.25, 0.3) is 0 Å². The van der Waals surface area contributed by atoms with Gasteiger partial charge in [0.2, 0.25) is 0 Å². The fraction of sp³-hybridized carbons (Fsp3) is 0.500. The van der Waals surface area contributed by atoms with Crippen molar-refractivity contribution in [2.24, 2.45) is 0 Å². The zero-order valence-corrected chi connectivity index (χ0v) is 12.7. The van der Waals surface area contributed by atoms with E-state index in [0.717, 1.165) is 12.8 Å². The van der Waals surface area contributed by atoms with Crippen LogP contribution in [0.1, 0.15) is 36.0 Å². The normalized spacial score (nSPS) is 15.5. The summed E-state index contributed by atoms with van der Waals surface area (Å²) in [6.07, 6.45) is 4.99. The van der Waals surface area contributed by atoms with Crippen LogP contribution in [0.5, 0.6) is 0 Å². The van der Waals surface area contributed by atoms with Gasteiger partial charge < -0.3 is 15.8 Å². The molecule has 6 heteroatoms. The first-order chi connectivity index (χ1) is 9.58. The SMILES string of the molecule is Nc1cc(C(=O)NCCOC2CCCC2)c(Br)cc1F. The molecular weight excluding hydrogens is 327 g/mol. The van der Waals surface area contributed by atoms with Crippen molar-refractivity contribution in [3.8, 4) is 0 Å². The number of carbonyl (C=O) groups is 1. The summed E-state index contributed by atoms with van der Waals surface area (Å²) >= 11 is 3.16. The molecule has 20 heavy (non-hydrogen) atoms. The van der Waals surface area contributed by atoms with Crippen molar-refractivity contribution in [3.05, 3.63) is 28.0 Å². The Balaban J connectivity index is 1.81. The van der Waals surface area contributed by atoms with E-state index < -0.39 is 5.82 Å². The fourth-order valence-electron chi connectivity index (χ4n) is 2.28. The van der Waals surface area contributed by atoms with E-state index >= 15 is 0 Å². The number of carbonyl (C=O) groups excluding carboxylic acids is 1. The molecule has 2 rings (SSSR count). The Kier molecular flexibility index (Phi) is 5.37. The Morgan fingerprint density at radius 1 is 1.45 bits per heavy atom. The highest BCUT2D eigenvalue weighted by molar-refractivity contribution is 9.10. The van der Waals surface area contributed by atoms with Crippen LogP contribution >= 0.6 is 15.9 Å². The molecule has 0 radical (unpaired) electrons. The second-order valence-corrected chi connectivity index (χ2v) is 5.74. The summed E-state index contributed by atoms with van der Waals surface area (Å²) in [5, 5.41) is 2.74. The Hall–Kier alpha value is -1.14. The minimum Gasteiger partial charge on any atom is -0.396 e. The molecule has 4 nitrogen and oxygen atoms in total. The second-order valence-electron chi connectivity index (χ2n) is 4.89. The molecule has 1 saturated carbocycles. The van der Waals surface area contributed by atoms with Crippen molar-refractivity contribution in [2.75, 3.05) is 18.9 Å². The predicted octanol–water partition coefficient (Wildman–Crippen LogP) is 2.86. The average molecular weight is 345 g/mol. The smallest absolute Gasteiger partial charge is 0.252 e. The number of hydrogen-bond acceptors (Lipinski definition) is 3. The van der Waals surface area contributed by atoms with E-state index in [9.17, 15) is 9.18 Å². The van der Waals surface area contributed by atoms with Crippen LogP contribution in [-0.4, -0.2) is 25.2 Å². The summed E-state index contributed by atoms with van der Waals surface area (Å²) in [4.78, 5) is 12.0. The van der Waals surface area contributed by atoms with E-state index in [1.165, 1.54) is 25.0 Å². The van der Waals surface area contributed by atoms with Gasteiger partial charge in [-0.2, -0.15) is 0 Å². The standard InChI is InChI=1S/C14H18BrFN2O2/c15-11-8-12(16)13(17)7-10(11)14(19)18-5-6-20-9-3-1-2-4-9/h7-9H,1-6,17H2,(H,18,19). The minimum atomic E-state index is -0.544. The van der Waals surface area contributed by atoms with Gasteiger partial charge in [-0.15, -0.1) is 0 Å². The number of nitrogen functional groups attached to an aromatic ring is 1. The lowest BCUT2D eigenvalue weighted by atomic mass is 10.2. The lowest BCUT2D eigenvalue weighted by molar-refractivity contribution is 0.0581. The Morgan fingerprint density at radius 2 is 2.15 bits per heavy atom. The number of hydrogen-bond donors (Lipinski definition) is 2. The molecule has 0 aromatic heterocycles. The van der Waals surface area contributed by atoms with Gasteiger partial charge in [0, 0.05) is 11.0 Å². The predicted molar refractivity (Wildman–Crippen MR) is 79.1 cm³/mol. The first-order valence-corrected chi connectivity index (χ1v) is 7.51. The molecule has 1 aromatic rings. The third-order valence-corrected chi connectivity index (χ3v) is 4.03. The first-order valence-electron chi connectivity index (χ1n) is 6.72. The monoisotopic (exact) mass is 344 g/mol. The zero-order valence-electron chi connectivity index (χ0n) is 11.1. The maximum Gasteiger partial charge on any atom is 0.252 e. The van der Waals surface area contributed by atoms with Crippen LogP contribution in [0.4, 0.5) is 10.1 Å². The molecule has 3 N–H and O–H groups in total. The number of nitrogens with two attached hydrogens (primary N) is 1. The first kappa shape index (κ1) is 15.3. The molecule has 0 unspecified atom stereocenters. The number of ether oxygens (including phenoxy) is 1. The molecule has 1 amide bonds. The van der Waals surface area contributed by atoms with E-state index in [1.807, 2.05) is 0 Å². The summed E-state index contributed by atoms with van der Waals surface area (Å²) in [6.45, 7) is 0.920. The number of rotatable bonds is 5. The van der Waals surface area contributed by atoms with Gasteiger partial charge in [0.1, 0.15) is 5.82 Å². The molecule has 1 aliphatic carbocycles. The highest BCUT2D eigenvalue weighted by Gasteiger charge is 2.16. The average Bonchev–Trinajstić information content (AvgIpc) is 2.92. The quantitative estimate of drug-likeness (QED) is 0.637. The van der Waals surface area contributed by atoms with E-state index in [2.05, 4.69) is 21.2 Å². The third kappa shape index (κ3) is 3.93. The Labute approximate surface area is 126 Å². The largest absolute Gasteiger partial charge is 0.396 e. The van der Waals surface area contributed by atoms with Crippen LogP contribution in [0.15, 0.2) is 16.6 Å². The molecule has 0 heterocycles. The molecule has 0 bridgehead atoms. The van der Waals surface area contributed by atoms with Gasteiger partial charge in [0.25, 0.3) is 5.91 Å². The topological polar surface area (TPSA) is 64.4 Å². The van der Waals surface area contributed by atoms with Crippen LogP contribution in [0, 0.1) is 5.82 Å². The summed E-state index contributed by atoms with van der Waals surface area (Å²) in [5.74, 6) is -0.836. The minimum absolute atomic E-state index is 0.0412. The van der Waals surface area contributed by atoms with Crippen molar-refractivity contribution in [2.45, 2.75) is 31.8 Å². The zero-order chi connectivity index (χ0) is 14.5. The van der Waals surface area contributed by atoms with Gasteiger partial charge in [0.05, 0.1) is 24.0 Å². The number of anilines is 1. The maximum atomic E-state index is 13.2.